The first-order chi connectivity index (χ1) is 6.72. The first kappa shape index (κ1) is 12.0. The summed E-state index contributed by atoms with van der Waals surface area (Å²) < 4.78 is 0. The molecule has 0 spiro atoms. The Bertz CT molecular complexity index is 150. The Morgan fingerprint density at radius 3 is 2.50 bits per heavy atom. The van der Waals surface area contributed by atoms with Crippen LogP contribution >= 0.6 is 0 Å². The zero-order valence-electron chi connectivity index (χ0n) is 9.81. The van der Waals surface area contributed by atoms with E-state index in [0.717, 1.165) is 19.6 Å². The molecule has 0 amide bonds. The quantitative estimate of drug-likeness (QED) is 0.683. The molecule has 3 heteroatoms. The summed E-state index contributed by atoms with van der Waals surface area (Å²) in [4.78, 5) is 5.24. The summed E-state index contributed by atoms with van der Waals surface area (Å²) in [7, 11) is 3.78. The Kier molecular flexibility index (Phi) is 4.85. The van der Waals surface area contributed by atoms with Gasteiger partial charge in [-0.1, -0.05) is 13.3 Å². The Labute approximate surface area is 87.8 Å². The van der Waals surface area contributed by atoms with E-state index in [1.165, 1.54) is 25.7 Å². The minimum atomic E-state index is 0.491. The summed E-state index contributed by atoms with van der Waals surface area (Å²) in [5.74, 6) is 0. The molecule has 84 valence electrons. The van der Waals surface area contributed by atoms with Gasteiger partial charge in [-0.2, -0.15) is 5.06 Å². The maximum Gasteiger partial charge on any atom is 0.0575 e. The fourth-order valence-corrected chi connectivity index (χ4v) is 2.51. The smallest absolute Gasteiger partial charge is 0.0575 e. The Morgan fingerprint density at radius 2 is 2.00 bits per heavy atom. The van der Waals surface area contributed by atoms with E-state index in [1.54, 1.807) is 7.11 Å². The van der Waals surface area contributed by atoms with Crippen LogP contribution in [0.25, 0.3) is 0 Å². The van der Waals surface area contributed by atoms with Crippen molar-refractivity contribution in [2.24, 2.45) is 5.41 Å². The molecular formula is C11H24N2O. The molecule has 0 aromatic rings. The number of hydrogen-bond donors (Lipinski definition) is 1. The first-order valence-electron chi connectivity index (χ1n) is 5.68. The van der Waals surface area contributed by atoms with Gasteiger partial charge in [0.15, 0.2) is 0 Å². The van der Waals surface area contributed by atoms with Crippen molar-refractivity contribution in [3.8, 4) is 0 Å². The fraction of sp³-hybridized carbons (Fsp3) is 1.00. The van der Waals surface area contributed by atoms with E-state index in [9.17, 15) is 0 Å². The summed E-state index contributed by atoms with van der Waals surface area (Å²) in [5.41, 5.74) is 0.491. The van der Waals surface area contributed by atoms with E-state index in [4.69, 9.17) is 4.84 Å². The zero-order valence-corrected chi connectivity index (χ0v) is 9.81. The van der Waals surface area contributed by atoms with Crippen LogP contribution in [-0.2, 0) is 4.84 Å². The number of rotatable bonds is 5. The van der Waals surface area contributed by atoms with Crippen LogP contribution in [-0.4, -0.2) is 38.9 Å². The van der Waals surface area contributed by atoms with Crippen molar-refractivity contribution in [2.45, 2.75) is 32.6 Å². The second-order valence-corrected chi connectivity index (χ2v) is 4.47. The van der Waals surface area contributed by atoms with Crippen LogP contribution in [0.3, 0.4) is 0 Å². The molecule has 1 saturated heterocycles. The van der Waals surface area contributed by atoms with Gasteiger partial charge in [0.25, 0.3) is 0 Å². The maximum atomic E-state index is 5.24. The summed E-state index contributed by atoms with van der Waals surface area (Å²) in [6.45, 7) is 5.67. The lowest BCUT2D eigenvalue weighted by Gasteiger charge is -2.39. The largest absolute Gasteiger partial charge is 0.317 e. The van der Waals surface area contributed by atoms with Crippen molar-refractivity contribution in [1.29, 1.82) is 0 Å². The highest BCUT2D eigenvalue weighted by Crippen LogP contribution is 2.34. The van der Waals surface area contributed by atoms with Gasteiger partial charge in [0.2, 0.25) is 0 Å². The standard InChI is InChI=1S/C11H24N2O/c1-4-5-11(10-13(2)14-3)6-8-12-9-7-11/h12H,4-10H2,1-3H3. The third-order valence-electron chi connectivity index (χ3n) is 3.31. The van der Waals surface area contributed by atoms with E-state index < -0.39 is 0 Å². The molecule has 0 unspecified atom stereocenters. The molecule has 0 bridgehead atoms. The molecule has 0 radical (unpaired) electrons. The predicted octanol–water partition coefficient (Wildman–Crippen LogP) is 1.65. The molecule has 1 rings (SSSR count). The molecule has 0 aromatic heterocycles. The lowest BCUT2D eigenvalue weighted by atomic mass is 9.75. The minimum Gasteiger partial charge on any atom is -0.317 e. The van der Waals surface area contributed by atoms with Gasteiger partial charge < -0.3 is 10.2 Å². The van der Waals surface area contributed by atoms with Gasteiger partial charge in [-0.15, -0.1) is 0 Å². The van der Waals surface area contributed by atoms with Gasteiger partial charge >= 0.3 is 0 Å². The van der Waals surface area contributed by atoms with E-state index in [0.29, 0.717) is 5.41 Å². The third kappa shape index (κ3) is 3.23. The van der Waals surface area contributed by atoms with Crippen LogP contribution < -0.4 is 5.32 Å². The van der Waals surface area contributed by atoms with Gasteiger partial charge in [0.05, 0.1) is 7.11 Å². The van der Waals surface area contributed by atoms with Crippen molar-refractivity contribution in [1.82, 2.24) is 10.4 Å². The van der Waals surface area contributed by atoms with E-state index >= 15 is 0 Å². The number of nitrogens with zero attached hydrogens (tertiary/aromatic N) is 1. The average Bonchev–Trinajstić information content (AvgIpc) is 2.19. The van der Waals surface area contributed by atoms with Crippen LogP contribution in [0.4, 0.5) is 0 Å². The Hall–Kier alpha value is -0.120. The molecule has 1 N–H and O–H groups in total. The highest BCUT2D eigenvalue weighted by Gasteiger charge is 2.32. The maximum absolute atomic E-state index is 5.24. The zero-order chi connectivity index (χ0) is 10.4. The molecule has 0 aromatic carbocycles. The molecule has 1 aliphatic rings. The monoisotopic (exact) mass is 200 g/mol. The summed E-state index contributed by atoms with van der Waals surface area (Å²) in [6.07, 6.45) is 5.17. The second kappa shape index (κ2) is 5.69. The first-order valence-corrected chi connectivity index (χ1v) is 5.68. The van der Waals surface area contributed by atoms with Crippen LogP contribution in [0.15, 0.2) is 0 Å². The number of piperidine rings is 1. The predicted molar refractivity (Wildman–Crippen MR) is 59.1 cm³/mol. The molecule has 1 fully saturated rings. The molecule has 14 heavy (non-hydrogen) atoms. The Balaban J connectivity index is 2.50. The number of hydroxylamine groups is 2. The third-order valence-corrected chi connectivity index (χ3v) is 3.31. The highest BCUT2D eigenvalue weighted by molar-refractivity contribution is 4.85. The van der Waals surface area contributed by atoms with Crippen molar-refractivity contribution in [3.63, 3.8) is 0 Å². The lowest BCUT2D eigenvalue weighted by Crippen LogP contribution is -2.43. The highest BCUT2D eigenvalue weighted by atomic mass is 16.7. The van der Waals surface area contributed by atoms with E-state index in [1.807, 2.05) is 12.1 Å². The van der Waals surface area contributed by atoms with Crippen LogP contribution in [0, 0.1) is 5.41 Å². The summed E-state index contributed by atoms with van der Waals surface area (Å²) in [5, 5.41) is 5.40. The molecule has 1 aliphatic heterocycles. The molecule has 3 nitrogen and oxygen atoms in total. The molecule has 0 atom stereocenters. The normalized spacial score (nSPS) is 21.4. The van der Waals surface area contributed by atoms with Gasteiger partial charge in [-0.25, -0.2) is 0 Å². The molecule has 1 heterocycles. The topological polar surface area (TPSA) is 24.5 Å². The van der Waals surface area contributed by atoms with Crippen molar-refractivity contribution in [3.05, 3.63) is 0 Å². The van der Waals surface area contributed by atoms with Crippen LogP contribution in [0.5, 0.6) is 0 Å². The van der Waals surface area contributed by atoms with Crippen LogP contribution in [0.1, 0.15) is 32.6 Å². The van der Waals surface area contributed by atoms with E-state index in [2.05, 4.69) is 12.2 Å². The molecule has 0 aliphatic carbocycles. The summed E-state index contributed by atoms with van der Waals surface area (Å²) >= 11 is 0. The van der Waals surface area contributed by atoms with Crippen LogP contribution in [0.2, 0.25) is 0 Å². The minimum absolute atomic E-state index is 0.491. The molecular weight excluding hydrogens is 176 g/mol. The number of nitrogens with one attached hydrogen (secondary N) is 1. The van der Waals surface area contributed by atoms with E-state index in [-0.39, 0.29) is 0 Å². The van der Waals surface area contributed by atoms with Gasteiger partial charge in [0, 0.05) is 13.6 Å². The Morgan fingerprint density at radius 1 is 1.36 bits per heavy atom. The SMILES string of the molecule is CCCC1(CN(C)OC)CCNCC1. The van der Waals surface area contributed by atoms with Gasteiger partial charge in [0.1, 0.15) is 0 Å². The molecule has 0 saturated carbocycles. The fourth-order valence-electron chi connectivity index (χ4n) is 2.51. The van der Waals surface area contributed by atoms with Crippen molar-refractivity contribution >= 4 is 0 Å². The lowest BCUT2D eigenvalue weighted by molar-refractivity contribution is -0.136. The summed E-state index contributed by atoms with van der Waals surface area (Å²) in [6, 6.07) is 0. The van der Waals surface area contributed by atoms with Gasteiger partial charge in [-0.3, -0.25) is 0 Å². The van der Waals surface area contributed by atoms with Gasteiger partial charge in [-0.05, 0) is 37.8 Å². The second-order valence-electron chi connectivity index (χ2n) is 4.47. The number of hydrogen-bond acceptors (Lipinski definition) is 3. The average molecular weight is 200 g/mol. The van der Waals surface area contributed by atoms with Crippen molar-refractivity contribution < 1.29 is 4.84 Å². The van der Waals surface area contributed by atoms with Crippen molar-refractivity contribution in [2.75, 3.05) is 33.8 Å².